The Morgan fingerprint density at radius 3 is 2.44 bits per heavy atom. The third kappa shape index (κ3) is 2.43. The van der Waals surface area contributed by atoms with Gasteiger partial charge in [0.05, 0.1) is 12.3 Å². The molecule has 1 atom stereocenters. The van der Waals surface area contributed by atoms with E-state index in [0.29, 0.717) is 12.3 Å². The smallest absolute Gasteiger partial charge is 0.131 e. The molecular formula is C14H15F2NO. The van der Waals surface area contributed by atoms with E-state index in [0.717, 1.165) is 5.56 Å². The fraction of sp³-hybridized carbons (Fsp3) is 0.286. The number of furan rings is 1. The van der Waals surface area contributed by atoms with E-state index < -0.39 is 17.7 Å². The Labute approximate surface area is 105 Å². The maximum absolute atomic E-state index is 13.8. The Hall–Kier alpha value is -1.68. The Morgan fingerprint density at radius 1 is 1.28 bits per heavy atom. The van der Waals surface area contributed by atoms with Crippen molar-refractivity contribution in [2.75, 3.05) is 6.54 Å². The van der Waals surface area contributed by atoms with Gasteiger partial charge in [-0.25, -0.2) is 8.78 Å². The van der Waals surface area contributed by atoms with Crippen LogP contribution in [0.4, 0.5) is 8.78 Å². The van der Waals surface area contributed by atoms with Crippen LogP contribution in [-0.4, -0.2) is 6.54 Å². The largest absolute Gasteiger partial charge is 0.469 e. The molecule has 0 amide bonds. The third-order valence-electron chi connectivity index (χ3n) is 2.78. The highest BCUT2D eigenvalue weighted by molar-refractivity contribution is 5.32. The molecule has 96 valence electrons. The van der Waals surface area contributed by atoms with Crippen LogP contribution in [0.25, 0.3) is 0 Å². The zero-order valence-electron chi connectivity index (χ0n) is 10.3. The maximum atomic E-state index is 13.8. The van der Waals surface area contributed by atoms with E-state index in [2.05, 4.69) is 5.32 Å². The van der Waals surface area contributed by atoms with Gasteiger partial charge in [-0.2, -0.15) is 0 Å². The highest BCUT2D eigenvalue weighted by Gasteiger charge is 2.22. The average molecular weight is 251 g/mol. The molecule has 1 aromatic carbocycles. The molecule has 1 N–H and O–H groups in total. The number of nitrogens with one attached hydrogen (secondary N) is 1. The zero-order chi connectivity index (χ0) is 13.1. The summed E-state index contributed by atoms with van der Waals surface area (Å²) >= 11 is 0. The van der Waals surface area contributed by atoms with Crippen molar-refractivity contribution in [3.05, 3.63) is 59.1 Å². The van der Waals surface area contributed by atoms with Gasteiger partial charge in [0.15, 0.2) is 0 Å². The summed E-state index contributed by atoms with van der Waals surface area (Å²) in [5.74, 6) is -0.399. The van der Waals surface area contributed by atoms with Crippen LogP contribution >= 0.6 is 0 Å². The van der Waals surface area contributed by atoms with Crippen LogP contribution in [0.2, 0.25) is 0 Å². The van der Waals surface area contributed by atoms with Crippen LogP contribution in [0, 0.1) is 18.6 Å². The Morgan fingerprint density at radius 2 is 1.94 bits per heavy atom. The summed E-state index contributed by atoms with van der Waals surface area (Å²) in [6.07, 6.45) is 1.52. The lowest BCUT2D eigenvalue weighted by Gasteiger charge is -2.18. The van der Waals surface area contributed by atoms with Gasteiger partial charge < -0.3 is 9.73 Å². The molecule has 0 aliphatic rings. The molecule has 0 spiro atoms. The van der Waals surface area contributed by atoms with Crippen molar-refractivity contribution in [2.24, 2.45) is 0 Å². The Kier molecular flexibility index (Phi) is 3.77. The van der Waals surface area contributed by atoms with Crippen molar-refractivity contribution in [2.45, 2.75) is 19.9 Å². The second-order valence-corrected chi connectivity index (χ2v) is 4.12. The van der Waals surface area contributed by atoms with Crippen molar-refractivity contribution in [1.82, 2.24) is 5.32 Å². The quantitative estimate of drug-likeness (QED) is 0.898. The number of aryl methyl sites for hydroxylation is 1. The molecule has 2 aromatic rings. The summed E-state index contributed by atoms with van der Waals surface area (Å²) in [7, 11) is 0. The summed E-state index contributed by atoms with van der Waals surface area (Å²) in [4.78, 5) is 0. The van der Waals surface area contributed by atoms with E-state index in [4.69, 9.17) is 4.42 Å². The number of rotatable bonds is 4. The van der Waals surface area contributed by atoms with Gasteiger partial charge in [-0.05, 0) is 31.7 Å². The first-order valence-electron chi connectivity index (χ1n) is 5.85. The van der Waals surface area contributed by atoms with Crippen molar-refractivity contribution in [3.63, 3.8) is 0 Å². The second kappa shape index (κ2) is 5.31. The van der Waals surface area contributed by atoms with E-state index in [9.17, 15) is 8.78 Å². The molecule has 1 heterocycles. The Balaban J connectivity index is 2.47. The summed E-state index contributed by atoms with van der Waals surface area (Å²) in [5, 5.41) is 3.07. The van der Waals surface area contributed by atoms with Crippen LogP contribution < -0.4 is 5.32 Å². The molecule has 0 aliphatic carbocycles. The number of hydrogen-bond donors (Lipinski definition) is 1. The topological polar surface area (TPSA) is 25.2 Å². The molecule has 2 rings (SSSR count). The molecule has 0 aliphatic heterocycles. The van der Waals surface area contributed by atoms with E-state index in [1.807, 2.05) is 6.92 Å². The summed E-state index contributed by atoms with van der Waals surface area (Å²) in [6, 6.07) is 5.12. The lowest BCUT2D eigenvalue weighted by atomic mass is 9.99. The lowest BCUT2D eigenvalue weighted by molar-refractivity contribution is 0.500. The fourth-order valence-electron chi connectivity index (χ4n) is 1.99. The van der Waals surface area contributed by atoms with E-state index >= 15 is 0 Å². The van der Waals surface area contributed by atoms with Crippen LogP contribution in [0.5, 0.6) is 0 Å². The highest BCUT2D eigenvalue weighted by atomic mass is 19.1. The average Bonchev–Trinajstić information content (AvgIpc) is 2.74. The summed E-state index contributed by atoms with van der Waals surface area (Å²) in [6.45, 7) is 4.28. The minimum Gasteiger partial charge on any atom is -0.469 e. The monoisotopic (exact) mass is 251 g/mol. The fourth-order valence-corrected chi connectivity index (χ4v) is 1.99. The van der Waals surface area contributed by atoms with Gasteiger partial charge in [0.25, 0.3) is 0 Å². The van der Waals surface area contributed by atoms with Crippen molar-refractivity contribution < 1.29 is 13.2 Å². The minimum atomic E-state index is -0.556. The van der Waals surface area contributed by atoms with Gasteiger partial charge in [0.2, 0.25) is 0 Å². The van der Waals surface area contributed by atoms with Crippen LogP contribution in [0.1, 0.15) is 29.9 Å². The van der Waals surface area contributed by atoms with E-state index in [-0.39, 0.29) is 5.56 Å². The van der Waals surface area contributed by atoms with Gasteiger partial charge in [-0.3, -0.25) is 0 Å². The Bertz CT molecular complexity index is 516. The summed E-state index contributed by atoms with van der Waals surface area (Å²) in [5.41, 5.74) is 0.749. The van der Waals surface area contributed by atoms with Crippen molar-refractivity contribution >= 4 is 0 Å². The number of hydrogen-bond acceptors (Lipinski definition) is 2. The van der Waals surface area contributed by atoms with Gasteiger partial charge >= 0.3 is 0 Å². The predicted octanol–water partition coefficient (Wildman–Crippen LogP) is 3.57. The molecule has 0 saturated carbocycles. The molecule has 0 bridgehead atoms. The molecule has 1 unspecified atom stereocenters. The minimum absolute atomic E-state index is 0.0279. The van der Waals surface area contributed by atoms with Crippen LogP contribution in [0.15, 0.2) is 34.9 Å². The van der Waals surface area contributed by atoms with Crippen LogP contribution in [0.3, 0.4) is 0 Å². The third-order valence-corrected chi connectivity index (χ3v) is 2.78. The first-order chi connectivity index (χ1) is 8.63. The number of halogens is 2. The van der Waals surface area contributed by atoms with Crippen molar-refractivity contribution in [3.8, 4) is 0 Å². The maximum Gasteiger partial charge on any atom is 0.131 e. The van der Waals surface area contributed by atoms with E-state index in [1.54, 1.807) is 13.0 Å². The molecule has 2 nitrogen and oxygen atoms in total. The summed E-state index contributed by atoms with van der Waals surface area (Å²) < 4.78 is 32.8. The normalized spacial score (nSPS) is 12.7. The molecule has 0 fully saturated rings. The standard InChI is InChI=1S/C14H15F2NO/c1-3-17-14(10-7-9(2)18-8-10)13-11(15)5-4-6-12(13)16/h4-8,14,17H,3H2,1-2H3. The lowest BCUT2D eigenvalue weighted by Crippen LogP contribution is -2.23. The van der Waals surface area contributed by atoms with Gasteiger partial charge in [0, 0.05) is 11.1 Å². The molecule has 0 saturated heterocycles. The SMILES string of the molecule is CCNC(c1coc(C)c1)c1c(F)cccc1F. The molecule has 0 radical (unpaired) electrons. The number of benzene rings is 1. The predicted molar refractivity (Wildman–Crippen MR) is 65.3 cm³/mol. The zero-order valence-corrected chi connectivity index (χ0v) is 10.3. The molecular weight excluding hydrogens is 236 g/mol. The van der Waals surface area contributed by atoms with Gasteiger partial charge in [-0.15, -0.1) is 0 Å². The molecule has 18 heavy (non-hydrogen) atoms. The van der Waals surface area contributed by atoms with E-state index in [1.165, 1.54) is 24.5 Å². The molecule has 1 aromatic heterocycles. The van der Waals surface area contributed by atoms with Crippen molar-refractivity contribution in [1.29, 1.82) is 0 Å². The second-order valence-electron chi connectivity index (χ2n) is 4.12. The first kappa shape index (κ1) is 12.8. The highest BCUT2D eigenvalue weighted by Crippen LogP contribution is 2.28. The molecule has 4 heteroatoms. The van der Waals surface area contributed by atoms with Gasteiger partial charge in [0.1, 0.15) is 17.4 Å². The van der Waals surface area contributed by atoms with Crippen LogP contribution in [-0.2, 0) is 0 Å². The van der Waals surface area contributed by atoms with Gasteiger partial charge in [-0.1, -0.05) is 13.0 Å². The first-order valence-corrected chi connectivity index (χ1v) is 5.85.